The second kappa shape index (κ2) is 6.00. The summed E-state index contributed by atoms with van der Waals surface area (Å²) in [6.45, 7) is 0. The van der Waals surface area contributed by atoms with Crippen LogP contribution in [0, 0.1) is 0 Å². The highest BCUT2D eigenvalue weighted by Gasteiger charge is 2.51. The maximum atomic E-state index is 11.8. The molecular weight excluding hydrogens is 322 g/mol. The fraction of sp³-hybridized carbons (Fsp3) is 0.333. The van der Waals surface area contributed by atoms with Crippen LogP contribution in [0.3, 0.4) is 0 Å². The molecule has 8 heteroatoms. The summed E-state index contributed by atoms with van der Waals surface area (Å²) in [5.74, 6) is -0.587. The molecule has 7 nitrogen and oxygen atoms in total. The second-order valence-electron chi connectivity index (χ2n) is 5.45. The number of hydrogen-bond donors (Lipinski definition) is 2. The van der Waals surface area contributed by atoms with Gasteiger partial charge in [0.1, 0.15) is 5.54 Å². The summed E-state index contributed by atoms with van der Waals surface area (Å²) >= 11 is 5.82. The van der Waals surface area contributed by atoms with Gasteiger partial charge in [0.25, 0.3) is 0 Å². The van der Waals surface area contributed by atoms with Crippen molar-refractivity contribution in [2.45, 2.75) is 31.2 Å². The van der Waals surface area contributed by atoms with Crippen LogP contribution in [0.4, 0.5) is 0 Å². The zero-order valence-electron chi connectivity index (χ0n) is 12.1. The smallest absolute Gasteiger partial charge is 0.329 e. The van der Waals surface area contributed by atoms with Crippen LogP contribution in [0.1, 0.15) is 25.2 Å². The van der Waals surface area contributed by atoms with E-state index < -0.39 is 11.5 Å². The minimum atomic E-state index is -1.07. The van der Waals surface area contributed by atoms with E-state index in [2.05, 4.69) is 15.5 Å². The van der Waals surface area contributed by atoms with Crippen molar-refractivity contribution < 1.29 is 19.2 Å². The molecule has 2 aromatic rings. The van der Waals surface area contributed by atoms with Crippen LogP contribution in [-0.2, 0) is 16.0 Å². The summed E-state index contributed by atoms with van der Waals surface area (Å²) < 4.78 is 5.10. The Morgan fingerprint density at radius 2 is 2.00 bits per heavy atom. The van der Waals surface area contributed by atoms with Crippen molar-refractivity contribution in [3.8, 4) is 11.4 Å². The number of carboxylic acid groups (broad SMARTS) is 1. The molecule has 2 N–H and O–H groups in total. The molecule has 1 fully saturated rings. The van der Waals surface area contributed by atoms with Gasteiger partial charge in [-0.3, -0.25) is 4.79 Å². The highest BCUT2D eigenvalue weighted by Crippen LogP contribution is 2.35. The first-order valence-electron chi connectivity index (χ1n) is 7.11. The summed E-state index contributed by atoms with van der Waals surface area (Å²) in [7, 11) is 0. The van der Waals surface area contributed by atoms with Crippen molar-refractivity contribution in [2.75, 3.05) is 0 Å². The van der Waals surface area contributed by atoms with Gasteiger partial charge in [0.05, 0.1) is 0 Å². The first kappa shape index (κ1) is 15.5. The van der Waals surface area contributed by atoms with E-state index in [-0.39, 0.29) is 18.7 Å². The number of hydrogen-bond acceptors (Lipinski definition) is 5. The van der Waals surface area contributed by atoms with E-state index in [9.17, 15) is 9.59 Å². The quantitative estimate of drug-likeness (QED) is 0.837. The van der Waals surface area contributed by atoms with Gasteiger partial charge in [-0.25, -0.2) is 4.79 Å². The predicted octanol–water partition coefficient (Wildman–Crippen LogP) is 2.06. The van der Waals surface area contributed by atoms with Gasteiger partial charge in [-0.15, -0.1) is 0 Å². The molecule has 1 heterocycles. The van der Waals surface area contributed by atoms with Crippen molar-refractivity contribution in [3.63, 3.8) is 0 Å². The molecule has 1 aromatic carbocycles. The van der Waals surface area contributed by atoms with E-state index in [1.54, 1.807) is 24.3 Å². The number of carboxylic acids is 1. The topological polar surface area (TPSA) is 105 Å². The number of carbonyl (C=O) groups excluding carboxylic acids is 1. The van der Waals surface area contributed by atoms with Crippen molar-refractivity contribution in [1.82, 2.24) is 15.5 Å². The molecule has 0 saturated heterocycles. The molecule has 1 aliphatic carbocycles. The number of aliphatic carboxylic acids is 1. The lowest BCUT2D eigenvalue weighted by Gasteiger charge is -2.11. The number of nitrogens with zero attached hydrogens (tertiary/aromatic N) is 2. The molecule has 0 aliphatic heterocycles. The molecule has 0 atom stereocenters. The molecule has 23 heavy (non-hydrogen) atoms. The van der Waals surface area contributed by atoms with Crippen LogP contribution < -0.4 is 5.32 Å². The number of aryl methyl sites for hydroxylation is 1. The number of benzene rings is 1. The number of nitrogens with one attached hydrogen (secondary N) is 1. The maximum Gasteiger partial charge on any atom is 0.329 e. The zero-order valence-corrected chi connectivity index (χ0v) is 12.8. The van der Waals surface area contributed by atoms with Crippen molar-refractivity contribution >= 4 is 23.5 Å². The van der Waals surface area contributed by atoms with Gasteiger partial charge in [-0.05, 0) is 37.1 Å². The number of carbonyl (C=O) groups is 2. The van der Waals surface area contributed by atoms with Crippen LogP contribution >= 0.6 is 11.6 Å². The molecule has 1 aromatic heterocycles. The Morgan fingerprint density at radius 3 is 2.61 bits per heavy atom. The Hall–Kier alpha value is -2.41. The Bertz CT molecular complexity index is 737. The van der Waals surface area contributed by atoms with Crippen LogP contribution in [-0.4, -0.2) is 32.7 Å². The summed E-state index contributed by atoms with van der Waals surface area (Å²) in [4.78, 5) is 27.0. The maximum absolute atomic E-state index is 11.8. The Balaban J connectivity index is 1.56. The van der Waals surface area contributed by atoms with Crippen LogP contribution in [0.2, 0.25) is 5.02 Å². The first-order valence-corrected chi connectivity index (χ1v) is 7.49. The monoisotopic (exact) mass is 335 g/mol. The van der Waals surface area contributed by atoms with Crippen molar-refractivity contribution in [1.29, 1.82) is 0 Å². The molecule has 0 radical (unpaired) electrons. The minimum absolute atomic E-state index is 0.0945. The fourth-order valence-corrected chi connectivity index (χ4v) is 2.27. The summed E-state index contributed by atoms with van der Waals surface area (Å²) in [5, 5.41) is 16.0. The van der Waals surface area contributed by atoms with Gasteiger partial charge >= 0.3 is 5.97 Å². The van der Waals surface area contributed by atoms with E-state index in [0.29, 0.717) is 29.6 Å². The Kier molecular flexibility index (Phi) is 4.04. The van der Waals surface area contributed by atoms with Crippen molar-refractivity contribution in [3.05, 3.63) is 35.2 Å². The molecule has 120 valence electrons. The molecule has 1 saturated carbocycles. The minimum Gasteiger partial charge on any atom is -0.480 e. The third-order valence-corrected chi connectivity index (χ3v) is 3.93. The van der Waals surface area contributed by atoms with Gasteiger partial charge in [-0.1, -0.05) is 16.8 Å². The van der Waals surface area contributed by atoms with E-state index in [1.807, 2.05) is 0 Å². The lowest BCUT2D eigenvalue weighted by atomic mass is 10.2. The standard InChI is InChI=1S/C15H14ClN3O4/c16-10-3-1-9(2-4-10)13-17-12(23-19-13)6-5-11(20)18-15(7-8-15)14(21)22/h1-4H,5-8H2,(H,18,20)(H,21,22). The molecular formula is C15H14ClN3O4. The van der Waals surface area contributed by atoms with E-state index in [4.69, 9.17) is 21.2 Å². The highest BCUT2D eigenvalue weighted by molar-refractivity contribution is 6.30. The molecule has 0 bridgehead atoms. The van der Waals surface area contributed by atoms with Gasteiger partial charge in [0.15, 0.2) is 0 Å². The fourth-order valence-electron chi connectivity index (χ4n) is 2.14. The van der Waals surface area contributed by atoms with Crippen LogP contribution in [0.25, 0.3) is 11.4 Å². The average molecular weight is 336 g/mol. The zero-order chi connectivity index (χ0) is 16.4. The lowest BCUT2D eigenvalue weighted by Crippen LogP contribution is -2.43. The Morgan fingerprint density at radius 1 is 1.30 bits per heavy atom. The van der Waals surface area contributed by atoms with E-state index >= 15 is 0 Å². The number of amides is 1. The molecule has 0 unspecified atom stereocenters. The van der Waals surface area contributed by atoms with Crippen molar-refractivity contribution in [2.24, 2.45) is 0 Å². The SMILES string of the molecule is O=C(CCc1nc(-c2ccc(Cl)cc2)no1)NC1(C(=O)O)CC1. The Labute approximate surface area is 136 Å². The second-order valence-corrected chi connectivity index (χ2v) is 5.89. The third-order valence-electron chi connectivity index (χ3n) is 3.67. The average Bonchev–Trinajstić information content (AvgIpc) is 3.15. The number of aromatic nitrogens is 2. The summed E-state index contributed by atoms with van der Waals surface area (Å²) in [6, 6.07) is 6.99. The lowest BCUT2D eigenvalue weighted by molar-refractivity contribution is -0.143. The molecule has 1 aliphatic rings. The summed E-state index contributed by atoms with van der Waals surface area (Å²) in [6.07, 6.45) is 1.28. The first-order chi connectivity index (χ1) is 11.0. The predicted molar refractivity (Wildman–Crippen MR) is 80.8 cm³/mol. The van der Waals surface area contributed by atoms with Gasteiger partial charge in [0, 0.05) is 23.4 Å². The summed E-state index contributed by atoms with van der Waals surface area (Å²) in [5.41, 5.74) is -0.308. The third kappa shape index (κ3) is 3.50. The van der Waals surface area contributed by atoms with Gasteiger partial charge in [-0.2, -0.15) is 4.98 Å². The van der Waals surface area contributed by atoms with Gasteiger partial charge < -0.3 is 14.9 Å². The highest BCUT2D eigenvalue weighted by atomic mass is 35.5. The number of rotatable bonds is 6. The van der Waals surface area contributed by atoms with Gasteiger partial charge in [0.2, 0.25) is 17.6 Å². The van der Waals surface area contributed by atoms with Crippen LogP contribution in [0.5, 0.6) is 0 Å². The van der Waals surface area contributed by atoms with E-state index in [1.165, 1.54) is 0 Å². The molecule has 3 rings (SSSR count). The molecule has 1 amide bonds. The largest absolute Gasteiger partial charge is 0.480 e. The molecule has 0 spiro atoms. The number of halogens is 1. The van der Waals surface area contributed by atoms with E-state index in [0.717, 1.165) is 5.56 Å². The van der Waals surface area contributed by atoms with Crippen LogP contribution in [0.15, 0.2) is 28.8 Å². The normalized spacial score (nSPS) is 15.2.